The molecule has 1 aromatic carbocycles. The molecule has 0 amide bonds. The molecule has 2 heterocycles. The SMILES string of the molecule is CC(NC(=S)N(CCCn1ccnc1)Cc1cccnc1)c1ccccc1. The summed E-state index contributed by atoms with van der Waals surface area (Å²) in [5, 5.41) is 4.24. The summed E-state index contributed by atoms with van der Waals surface area (Å²) in [6.45, 7) is 4.65. The third-order valence-corrected chi connectivity index (χ3v) is 4.80. The summed E-state index contributed by atoms with van der Waals surface area (Å²) in [7, 11) is 0. The number of hydrogen-bond donors (Lipinski definition) is 1. The van der Waals surface area contributed by atoms with E-state index in [9.17, 15) is 0 Å². The minimum absolute atomic E-state index is 0.156. The Morgan fingerprint density at radius 1 is 1.15 bits per heavy atom. The predicted molar refractivity (Wildman–Crippen MR) is 112 cm³/mol. The van der Waals surface area contributed by atoms with Crippen LogP contribution in [0.1, 0.15) is 30.5 Å². The fourth-order valence-electron chi connectivity index (χ4n) is 2.93. The second-order valence-electron chi connectivity index (χ2n) is 6.52. The normalized spacial score (nSPS) is 11.7. The van der Waals surface area contributed by atoms with Gasteiger partial charge in [0.2, 0.25) is 0 Å². The molecule has 0 fully saturated rings. The lowest BCUT2D eigenvalue weighted by Gasteiger charge is -2.28. The molecule has 0 bridgehead atoms. The topological polar surface area (TPSA) is 46.0 Å². The van der Waals surface area contributed by atoms with Crippen LogP contribution in [-0.2, 0) is 13.1 Å². The maximum atomic E-state index is 5.74. The van der Waals surface area contributed by atoms with Gasteiger partial charge in [-0.2, -0.15) is 0 Å². The Morgan fingerprint density at radius 2 is 2.00 bits per heavy atom. The van der Waals surface area contributed by atoms with Crippen molar-refractivity contribution in [3.63, 3.8) is 0 Å². The van der Waals surface area contributed by atoms with Crippen LogP contribution in [0.2, 0.25) is 0 Å². The summed E-state index contributed by atoms with van der Waals surface area (Å²) < 4.78 is 2.09. The van der Waals surface area contributed by atoms with Crippen LogP contribution in [0.5, 0.6) is 0 Å². The fourth-order valence-corrected chi connectivity index (χ4v) is 3.26. The molecule has 3 rings (SSSR count). The monoisotopic (exact) mass is 379 g/mol. The third-order valence-electron chi connectivity index (χ3n) is 4.43. The van der Waals surface area contributed by atoms with Gasteiger partial charge in [-0.25, -0.2) is 4.98 Å². The van der Waals surface area contributed by atoms with Crippen LogP contribution >= 0.6 is 12.2 Å². The lowest BCUT2D eigenvalue weighted by molar-refractivity contribution is 0.380. The zero-order chi connectivity index (χ0) is 18.9. The van der Waals surface area contributed by atoms with E-state index >= 15 is 0 Å². The van der Waals surface area contributed by atoms with Crippen molar-refractivity contribution in [3.05, 3.63) is 84.7 Å². The summed E-state index contributed by atoms with van der Waals surface area (Å²) in [5.41, 5.74) is 2.37. The Labute approximate surface area is 166 Å². The van der Waals surface area contributed by atoms with E-state index in [-0.39, 0.29) is 6.04 Å². The van der Waals surface area contributed by atoms with Crippen LogP contribution in [0.15, 0.2) is 73.6 Å². The van der Waals surface area contributed by atoms with Crippen molar-refractivity contribution in [1.29, 1.82) is 0 Å². The Morgan fingerprint density at radius 3 is 2.70 bits per heavy atom. The Hall–Kier alpha value is -2.73. The number of nitrogens with zero attached hydrogens (tertiary/aromatic N) is 4. The van der Waals surface area contributed by atoms with Crippen molar-refractivity contribution >= 4 is 17.3 Å². The zero-order valence-corrected chi connectivity index (χ0v) is 16.3. The second-order valence-corrected chi connectivity index (χ2v) is 6.91. The first-order valence-corrected chi connectivity index (χ1v) is 9.58. The maximum Gasteiger partial charge on any atom is 0.169 e. The standard InChI is InChI=1S/C21H25N5S/c1-18(20-8-3-2-4-9-20)24-21(27)26(16-19-7-5-10-22-15-19)13-6-12-25-14-11-23-17-25/h2-5,7-11,14-15,17-18H,6,12-13,16H2,1H3,(H,24,27). The highest BCUT2D eigenvalue weighted by atomic mass is 32.1. The maximum absolute atomic E-state index is 5.74. The molecule has 5 nitrogen and oxygen atoms in total. The molecular formula is C21H25N5S. The Kier molecular flexibility index (Phi) is 6.93. The number of aryl methyl sites for hydroxylation is 1. The molecule has 0 aliphatic rings. The molecule has 0 aliphatic heterocycles. The van der Waals surface area contributed by atoms with Gasteiger partial charge in [0.15, 0.2) is 5.11 Å². The van der Waals surface area contributed by atoms with E-state index in [4.69, 9.17) is 12.2 Å². The molecule has 6 heteroatoms. The van der Waals surface area contributed by atoms with E-state index in [1.54, 1.807) is 12.4 Å². The number of imidazole rings is 1. The predicted octanol–water partition coefficient (Wildman–Crippen LogP) is 3.81. The minimum Gasteiger partial charge on any atom is -0.356 e. The number of nitrogens with one attached hydrogen (secondary N) is 1. The molecule has 0 saturated heterocycles. The van der Waals surface area contributed by atoms with Crippen LogP contribution in [-0.4, -0.2) is 31.1 Å². The highest BCUT2D eigenvalue weighted by Gasteiger charge is 2.14. The highest BCUT2D eigenvalue weighted by molar-refractivity contribution is 7.80. The highest BCUT2D eigenvalue weighted by Crippen LogP contribution is 2.13. The molecule has 1 atom stereocenters. The van der Waals surface area contributed by atoms with Gasteiger partial charge in [0.25, 0.3) is 0 Å². The molecule has 140 valence electrons. The van der Waals surface area contributed by atoms with Gasteiger partial charge in [0.1, 0.15) is 0 Å². The number of aromatic nitrogens is 3. The summed E-state index contributed by atoms with van der Waals surface area (Å²) in [4.78, 5) is 10.5. The van der Waals surface area contributed by atoms with E-state index in [0.29, 0.717) is 0 Å². The Bertz CT molecular complexity index is 805. The number of benzene rings is 1. The number of rotatable bonds is 8. The van der Waals surface area contributed by atoms with E-state index < -0.39 is 0 Å². The number of thiocarbonyl (C=S) groups is 1. The summed E-state index contributed by atoms with van der Waals surface area (Å²) in [5.74, 6) is 0. The molecule has 0 spiro atoms. The third kappa shape index (κ3) is 5.89. The first kappa shape index (κ1) is 19.0. The van der Waals surface area contributed by atoms with Gasteiger partial charge in [-0.3, -0.25) is 4.98 Å². The molecule has 1 N–H and O–H groups in total. The molecule has 0 saturated carbocycles. The van der Waals surface area contributed by atoms with Crippen molar-refractivity contribution in [2.45, 2.75) is 32.5 Å². The van der Waals surface area contributed by atoms with Gasteiger partial charge in [0.05, 0.1) is 12.4 Å². The molecular weight excluding hydrogens is 354 g/mol. The average Bonchev–Trinajstić information content (AvgIpc) is 3.22. The molecule has 3 aromatic rings. The van der Waals surface area contributed by atoms with Crippen molar-refractivity contribution in [2.24, 2.45) is 0 Å². The van der Waals surface area contributed by atoms with Gasteiger partial charge < -0.3 is 14.8 Å². The van der Waals surface area contributed by atoms with Crippen LogP contribution in [0, 0.1) is 0 Å². The van der Waals surface area contributed by atoms with Gasteiger partial charge in [-0.1, -0.05) is 36.4 Å². The van der Waals surface area contributed by atoms with E-state index in [2.05, 4.69) is 62.0 Å². The van der Waals surface area contributed by atoms with Gasteiger partial charge in [-0.15, -0.1) is 0 Å². The van der Waals surface area contributed by atoms with Crippen molar-refractivity contribution in [2.75, 3.05) is 6.54 Å². The van der Waals surface area contributed by atoms with Crippen LogP contribution < -0.4 is 5.32 Å². The number of pyridine rings is 1. The number of hydrogen-bond acceptors (Lipinski definition) is 3. The largest absolute Gasteiger partial charge is 0.356 e. The summed E-state index contributed by atoms with van der Waals surface area (Å²) in [6, 6.07) is 14.6. The summed E-state index contributed by atoms with van der Waals surface area (Å²) >= 11 is 5.74. The quantitative estimate of drug-likeness (QED) is 0.603. The molecule has 0 radical (unpaired) electrons. The van der Waals surface area contributed by atoms with Gasteiger partial charge >= 0.3 is 0 Å². The van der Waals surface area contributed by atoms with Crippen molar-refractivity contribution in [3.8, 4) is 0 Å². The fraction of sp³-hybridized carbons (Fsp3) is 0.286. The van der Waals surface area contributed by atoms with Crippen molar-refractivity contribution in [1.82, 2.24) is 24.8 Å². The van der Waals surface area contributed by atoms with E-state index in [1.165, 1.54) is 5.56 Å². The van der Waals surface area contributed by atoms with Crippen LogP contribution in [0.4, 0.5) is 0 Å². The van der Waals surface area contributed by atoms with Crippen molar-refractivity contribution < 1.29 is 0 Å². The second kappa shape index (κ2) is 9.83. The van der Waals surface area contributed by atoms with Gasteiger partial charge in [0, 0.05) is 44.4 Å². The first-order valence-electron chi connectivity index (χ1n) is 9.17. The lowest BCUT2D eigenvalue weighted by Crippen LogP contribution is -2.41. The molecule has 0 aliphatic carbocycles. The average molecular weight is 380 g/mol. The smallest absolute Gasteiger partial charge is 0.169 e. The first-order chi connectivity index (χ1) is 13.2. The van der Waals surface area contributed by atoms with Crippen LogP contribution in [0.25, 0.3) is 0 Å². The van der Waals surface area contributed by atoms with E-state index in [1.807, 2.05) is 30.9 Å². The minimum atomic E-state index is 0.156. The van der Waals surface area contributed by atoms with Gasteiger partial charge in [-0.05, 0) is 42.8 Å². The summed E-state index contributed by atoms with van der Waals surface area (Å²) in [6.07, 6.45) is 10.3. The lowest BCUT2D eigenvalue weighted by atomic mass is 10.1. The zero-order valence-electron chi connectivity index (χ0n) is 15.5. The molecule has 27 heavy (non-hydrogen) atoms. The van der Waals surface area contributed by atoms with Crippen LogP contribution in [0.3, 0.4) is 0 Å². The van der Waals surface area contributed by atoms with E-state index in [0.717, 1.165) is 36.7 Å². The Balaban J connectivity index is 1.62. The molecule has 2 aromatic heterocycles. The molecule has 1 unspecified atom stereocenters.